The molecule has 0 bridgehead atoms. The van der Waals surface area contributed by atoms with Crippen molar-refractivity contribution in [3.05, 3.63) is 25.3 Å². The fraction of sp³-hybridized carbons (Fsp3) is 0.714. The fourth-order valence-electron chi connectivity index (χ4n) is 3.32. The van der Waals surface area contributed by atoms with Gasteiger partial charge in [-0.05, 0) is 27.7 Å². The Morgan fingerprint density at radius 1 is 1.24 bits per heavy atom. The summed E-state index contributed by atoms with van der Waals surface area (Å²) < 4.78 is 62.6. The molecule has 0 aromatic carbocycles. The number of amidine groups is 1. The smallest absolute Gasteiger partial charge is 0.417 e. The van der Waals surface area contributed by atoms with Crippen molar-refractivity contribution < 1.29 is 42.0 Å². The quantitative estimate of drug-likeness (QED) is 0.515. The number of rotatable bonds is 8. The first kappa shape index (κ1) is 27.6. The maximum absolute atomic E-state index is 13.4. The number of carbonyl (C=O) groups excluding carboxylic acids is 1. The molecular formula is C21H31F3N2O6S. The molecule has 0 radical (unpaired) electrons. The van der Waals surface area contributed by atoms with Gasteiger partial charge in [-0.2, -0.15) is 13.2 Å². The van der Waals surface area contributed by atoms with Crippen LogP contribution in [0.25, 0.3) is 0 Å². The Morgan fingerprint density at radius 3 is 2.30 bits per heavy atom. The summed E-state index contributed by atoms with van der Waals surface area (Å²) in [7, 11) is 0. The van der Waals surface area contributed by atoms with Crippen molar-refractivity contribution in [3.63, 3.8) is 0 Å². The SMILES string of the molecule is C=CCO[C@@H]1[C@H]2N=C(N(CC)C(=O)OC(C)(C)C)S[C@H]2O[C@H](C(O)C(F)(F)F)[C@H]1OCC=C. The van der Waals surface area contributed by atoms with Gasteiger partial charge < -0.3 is 24.1 Å². The van der Waals surface area contributed by atoms with Crippen molar-refractivity contribution in [1.29, 1.82) is 0 Å². The number of halogens is 3. The minimum Gasteiger partial charge on any atom is -0.443 e. The molecular weight excluding hydrogens is 465 g/mol. The predicted octanol–water partition coefficient (Wildman–Crippen LogP) is 3.51. The van der Waals surface area contributed by atoms with Crippen molar-refractivity contribution in [2.45, 2.75) is 75.4 Å². The molecule has 1 amide bonds. The summed E-state index contributed by atoms with van der Waals surface area (Å²) in [6.45, 7) is 14.1. The fourth-order valence-corrected chi connectivity index (χ4v) is 4.58. The molecule has 0 saturated carbocycles. The van der Waals surface area contributed by atoms with Gasteiger partial charge in [0.15, 0.2) is 11.3 Å². The zero-order valence-corrected chi connectivity index (χ0v) is 19.9. The second kappa shape index (κ2) is 11.2. The Hall–Kier alpha value is -1.60. The maximum Gasteiger partial charge on any atom is 0.417 e. The third-order valence-corrected chi connectivity index (χ3v) is 5.81. The third kappa shape index (κ3) is 6.95. The topological polar surface area (TPSA) is 89.8 Å². The van der Waals surface area contributed by atoms with E-state index in [4.69, 9.17) is 18.9 Å². The Kier molecular flexibility index (Phi) is 9.40. The van der Waals surface area contributed by atoms with Crippen LogP contribution in [0, 0.1) is 0 Å². The van der Waals surface area contributed by atoms with Gasteiger partial charge in [0.05, 0.1) is 13.2 Å². The minimum absolute atomic E-state index is 0.00967. The van der Waals surface area contributed by atoms with E-state index < -0.39 is 53.8 Å². The van der Waals surface area contributed by atoms with Crippen molar-refractivity contribution >= 4 is 23.0 Å². The van der Waals surface area contributed by atoms with Crippen LogP contribution in [0.15, 0.2) is 30.3 Å². The van der Waals surface area contributed by atoms with E-state index in [1.807, 2.05) is 0 Å². The van der Waals surface area contributed by atoms with Gasteiger partial charge in [-0.25, -0.2) is 4.79 Å². The highest BCUT2D eigenvalue weighted by molar-refractivity contribution is 8.14. The molecule has 33 heavy (non-hydrogen) atoms. The average Bonchev–Trinajstić information content (AvgIpc) is 3.11. The zero-order valence-electron chi connectivity index (χ0n) is 19.1. The van der Waals surface area contributed by atoms with E-state index in [0.717, 1.165) is 11.8 Å². The zero-order chi connectivity index (χ0) is 25.0. The molecule has 1 saturated heterocycles. The van der Waals surface area contributed by atoms with E-state index in [9.17, 15) is 23.1 Å². The van der Waals surface area contributed by atoms with Gasteiger partial charge >= 0.3 is 12.3 Å². The molecule has 2 rings (SSSR count). The number of aliphatic hydroxyl groups excluding tert-OH is 1. The lowest BCUT2D eigenvalue weighted by Gasteiger charge is -2.44. The van der Waals surface area contributed by atoms with E-state index in [0.29, 0.717) is 0 Å². The molecule has 0 aromatic rings. The maximum atomic E-state index is 13.4. The molecule has 1 fully saturated rings. The number of fused-ring (bicyclic) bond motifs is 1. The molecule has 188 valence electrons. The van der Waals surface area contributed by atoms with Crippen LogP contribution in [-0.2, 0) is 18.9 Å². The van der Waals surface area contributed by atoms with E-state index in [2.05, 4.69) is 18.2 Å². The monoisotopic (exact) mass is 496 g/mol. The first-order valence-electron chi connectivity index (χ1n) is 10.4. The molecule has 0 aliphatic carbocycles. The first-order chi connectivity index (χ1) is 15.3. The molecule has 1 unspecified atom stereocenters. The Balaban J connectivity index is 2.39. The number of amides is 1. The van der Waals surface area contributed by atoms with Gasteiger partial charge in [-0.1, -0.05) is 23.9 Å². The molecule has 0 aromatic heterocycles. The molecule has 2 aliphatic heterocycles. The number of alkyl halides is 3. The predicted molar refractivity (Wildman–Crippen MR) is 118 cm³/mol. The van der Waals surface area contributed by atoms with Gasteiger partial charge in [0, 0.05) is 6.54 Å². The lowest BCUT2D eigenvalue weighted by molar-refractivity contribution is -0.279. The van der Waals surface area contributed by atoms with E-state index in [1.165, 1.54) is 17.1 Å². The van der Waals surface area contributed by atoms with Crippen molar-refractivity contribution in [3.8, 4) is 0 Å². The van der Waals surface area contributed by atoms with Crippen LogP contribution >= 0.6 is 11.8 Å². The highest BCUT2D eigenvalue weighted by atomic mass is 32.2. The second-order valence-electron chi connectivity index (χ2n) is 8.37. The van der Waals surface area contributed by atoms with Crippen LogP contribution in [0.4, 0.5) is 18.0 Å². The molecule has 0 spiro atoms. The van der Waals surface area contributed by atoms with Crippen molar-refractivity contribution in [2.75, 3.05) is 19.8 Å². The third-order valence-electron chi connectivity index (χ3n) is 4.66. The Labute approximate surface area is 195 Å². The van der Waals surface area contributed by atoms with Crippen LogP contribution in [0.3, 0.4) is 0 Å². The molecule has 6 atom stereocenters. The van der Waals surface area contributed by atoms with Crippen LogP contribution in [0.5, 0.6) is 0 Å². The molecule has 8 nitrogen and oxygen atoms in total. The Bertz CT molecular complexity index is 742. The van der Waals surface area contributed by atoms with E-state index >= 15 is 0 Å². The van der Waals surface area contributed by atoms with Crippen LogP contribution < -0.4 is 0 Å². The minimum atomic E-state index is -4.95. The number of hydrogen-bond acceptors (Lipinski definition) is 8. The summed E-state index contributed by atoms with van der Waals surface area (Å²) in [5.41, 5.74) is -1.70. The Morgan fingerprint density at radius 2 is 1.82 bits per heavy atom. The number of hydrogen-bond donors (Lipinski definition) is 1. The number of thioether (sulfide) groups is 1. The standard InChI is InChI=1S/C21H31F3N2O6S/c1-7-10-29-13-12-17(31-15(14(13)30-11-8-2)16(27)21(22,23)24)33-18(25-12)26(9-3)19(28)32-20(4,5)6/h7-8,12-17,27H,1-2,9-11H2,3-6H3/t12-,13-,14+,15+,16?,17-/m1/s1. The second-order valence-corrected chi connectivity index (χ2v) is 9.44. The van der Waals surface area contributed by atoms with E-state index in [-0.39, 0.29) is 24.9 Å². The van der Waals surface area contributed by atoms with Crippen LogP contribution in [-0.4, -0.2) is 88.7 Å². The van der Waals surface area contributed by atoms with Gasteiger partial charge in [-0.3, -0.25) is 9.89 Å². The number of ether oxygens (including phenoxy) is 4. The summed E-state index contributed by atoms with van der Waals surface area (Å²) in [5, 5.41) is 10.2. The van der Waals surface area contributed by atoms with E-state index in [1.54, 1.807) is 27.7 Å². The van der Waals surface area contributed by atoms with Crippen molar-refractivity contribution in [1.82, 2.24) is 4.90 Å². The number of aliphatic imine (C=N–C) groups is 1. The van der Waals surface area contributed by atoms with Gasteiger partial charge in [0.1, 0.15) is 35.4 Å². The molecule has 12 heteroatoms. The lowest BCUT2D eigenvalue weighted by atomic mass is 9.94. The lowest BCUT2D eigenvalue weighted by Crippen LogP contribution is -2.62. The highest BCUT2D eigenvalue weighted by Crippen LogP contribution is 2.42. The highest BCUT2D eigenvalue weighted by Gasteiger charge is 2.58. The summed E-state index contributed by atoms with van der Waals surface area (Å²) in [4.78, 5) is 18.5. The average molecular weight is 497 g/mol. The summed E-state index contributed by atoms with van der Waals surface area (Å²) in [6.07, 6.45) is -9.70. The molecule has 1 N–H and O–H groups in total. The van der Waals surface area contributed by atoms with Gasteiger partial charge in [0.2, 0.25) is 0 Å². The van der Waals surface area contributed by atoms with Gasteiger partial charge in [-0.15, -0.1) is 13.2 Å². The number of carbonyl (C=O) groups is 1. The molecule has 2 aliphatic rings. The normalized spacial score (nSPS) is 28.5. The summed E-state index contributed by atoms with van der Waals surface area (Å²) in [5.74, 6) is 0. The number of aliphatic hydroxyl groups is 1. The first-order valence-corrected chi connectivity index (χ1v) is 11.3. The van der Waals surface area contributed by atoms with Crippen molar-refractivity contribution in [2.24, 2.45) is 4.99 Å². The van der Waals surface area contributed by atoms with Gasteiger partial charge in [0.25, 0.3) is 0 Å². The molecule has 2 heterocycles. The summed E-state index contributed by atoms with van der Waals surface area (Å²) in [6, 6.07) is -0.798. The summed E-state index contributed by atoms with van der Waals surface area (Å²) >= 11 is 0.969. The largest absolute Gasteiger partial charge is 0.443 e. The number of nitrogens with zero attached hydrogens (tertiary/aromatic N) is 2. The van der Waals surface area contributed by atoms with Crippen LogP contribution in [0.2, 0.25) is 0 Å². The van der Waals surface area contributed by atoms with Crippen LogP contribution in [0.1, 0.15) is 27.7 Å².